The summed E-state index contributed by atoms with van der Waals surface area (Å²) in [4.78, 5) is 14.0. The zero-order valence-electron chi connectivity index (χ0n) is 16.3. The highest BCUT2D eigenvalue weighted by molar-refractivity contribution is 6.06. The molecule has 0 aliphatic heterocycles. The summed E-state index contributed by atoms with van der Waals surface area (Å²) in [5.74, 6) is 0.257. The van der Waals surface area contributed by atoms with Crippen molar-refractivity contribution in [3.63, 3.8) is 0 Å². The van der Waals surface area contributed by atoms with E-state index >= 15 is 0 Å². The molecule has 2 aromatic rings. The van der Waals surface area contributed by atoms with Crippen LogP contribution in [0, 0.1) is 0 Å². The number of hydrogen-bond acceptors (Lipinski definition) is 3. The average Bonchev–Trinajstić information content (AvgIpc) is 2.68. The zero-order chi connectivity index (χ0) is 19.5. The maximum atomic E-state index is 12.6. The van der Waals surface area contributed by atoms with Gasteiger partial charge in [-0.1, -0.05) is 44.2 Å². The Labute approximate surface area is 162 Å². The molecule has 0 saturated carbocycles. The first-order valence-electron chi connectivity index (χ1n) is 9.73. The predicted molar refractivity (Wildman–Crippen MR) is 108 cm³/mol. The van der Waals surface area contributed by atoms with Crippen LogP contribution in [0.15, 0.2) is 54.6 Å². The largest absolute Gasteiger partial charge is 0.490 e. The van der Waals surface area contributed by atoms with Crippen LogP contribution in [-0.2, 0) is 0 Å². The Hall–Kier alpha value is -2.37. The van der Waals surface area contributed by atoms with Gasteiger partial charge in [0.1, 0.15) is 25.0 Å². The van der Waals surface area contributed by atoms with Crippen LogP contribution >= 0.6 is 0 Å². The highest BCUT2D eigenvalue weighted by Gasteiger charge is 2.17. The first kappa shape index (κ1) is 20.9. The number of rotatable bonds is 11. The number of hydrogen-bond donors (Lipinski definition) is 3. The van der Waals surface area contributed by atoms with E-state index in [2.05, 4.69) is 19.2 Å². The van der Waals surface area contributed by atoms with Crippen molar-refractivity contribution < 1.29 is 19.5 Å². The molecule has 0 heterocycles. The Morgan fingerprint density at radius 2 is 1.67 bits per heavy atom. The van der Waals surface area contributed by atoms with E-state index in [0.717, 1.165) is 31.6 Å². The van der Waals surface area contributed by atoms with Gasteiger partial charge in [0.25, 0.3) is 5.91 Å². The van der Waals surface area contributed by atoms with Crippen LogP contribution in [0.4, 0.5) is 5.69 Å². The van der Waals surface area contributed by atoms with Crippen molar-refractivity contribution in [2.24, 2.45) is 0 Å². The molecule has 0 saturated heterocycles. The van der Waals surface area contributed by atoms with Crippen molar-refractivity contribution >= 4 is 11.6 Å². The second-order valence-electron chi connectivity index (χ2n) is 6.74. The number of anilines is 1. The standard InChI is InChI=1S/C22H30N2O3/c1-3-14-24(15-4-2)16-19(25)17-27-21-13-9-8-12-20(21)22(26)23-18-10-6-5-7-11-18/h5-13,19,25H,3-4,14-17H2,1-2H3,(H,23,26)/p+1/t19-/m1/s1. The Kier molecular flexibility index (Phi) is 8.81. The number of benzene rings is 2. The lowest BCUT2D eigenvalue weighted by Gasteiger charge is -2.22. The van der Waals surface area contributed by atoms with Gasteiger partial charge < -0.3 is 20.1 Å². The molecular formula is C22H31N2O3+. The lowest BCUT2D eigenvalue weighted by atomic mass is 10.2. The molecule has 27 heavy (non-hydrogen) atoms. The molecule has 2 rings (SSSR count). The smallest absolute Gasteiger partial charge is 0.259 e. The van der Waals surface area contributed by atoms with Crippen LogP contribution in [0.2, 0.25) is 0 Å². The van der Waals surface area contributed by atoms with E-state index in [4.69, 9.17) is 4.74 Å². The molecule has 0 aromatic heterocycles. The van der Waals surface area contributed by atoms with Gasteiger partial charge >= 0.3 is 0 Å². The first-order chi connectivity index (χ1) is 13.1. The fourth-order valence-electron chi connectivity index (χ4n) is 3.11. The molecule has 1 amide bonds. The molecule has 3 N–H and O–H groups in total. The van der Waals surface area contributed by atoms with Crippen molar-refractivity contribution in [2.75, 3.05) is 31.6 Å². The number of aliphatic hydroxyl groups is 1. The molecule has 0 unspecified atom stereocenters. The third-order valence-corrected chi connectivity index (χ3v) is 4.33. The minimum absolute atomic E-state index is 0.173. The van der Waals surface area contributed by atoms with E-state index in [1.807, 2.05) is 36.4 Å². The third-order valence-electron chi connectivity index (χ3n) is 4.33. The highest BCUT2D eigenvalue weighted by Crippen LogP contribution is 2.20. The number of quaternary nitrogens is 1. The van der Waals surface area contributed by atoms with Crippen LogP contribution in [0.3, 0.4) is 0 Å². The summed E-state index contributed by atoms with van der Waals surface area (Å²) in [6, 6.07) is 16.4. The first-order valence-corrected chi connectivity index (χ1v) is 9.73. The number of ether oxygens (including phenoxy) is 1. The number of amides is 1. The molecule has 0 bridgehead atoms. The number of carbonyl (C=O) groups is 1. The number of aliphatic hydroxyl groups excluding tert-OH is 1. The van der Waals surface area contributed by atoms with Gasteiger partial charge in [-0.2, -0.15) is 0 Å². The second-order valence-corrected chi connectivity index (χ2v) is 6.74. The number of nitrogens with one attached hydrogen (secondary N) is 2. The Balaban J connectivity index is 1.95. The fourth-order valence-corrected chi connectivity index (χ4v) is 3.11. The molecule has 0 aliphatic rings. The molecular weight excluding hydrogens is 340 g/mol. The molecule has 0 radical (unpaired) electrons. The summed E-state index contributed by atoms with van der Waals surface area (Å²) in [6.45, 7) is 7.22. The molecule has 0 fully saturated rings. The van der Waals surface area contributed by atoms with Gasteiger partial charge in [0.05, 0.1) is 18.7 Å². The predicted octanol–water partition coefficient (Wildman–Crippen LogP) is 2.38. The van der Waals surface area contributed by atoms with E-state index in [1.54, 1.807) is 18.2 Å². The van der Waals surface area contributed by atoms with E-state index in [9.17, 15) is 9.90 Å². The molecule has 5 nitrogen and oxygen atoms in total. The zero-order valence-corrected chi connectivity index (χ0v) is 16.3. The maximum Gasteiger partial charge on any atom is 0.259 e. The summed E-state index contributed by atoms with van der Waals surface area (Å²) in [6.07, 6.45) is 1.61. The van der Waals surface area contributed by atoms with Crippen molar-refractivity contribution in [3.8, 4) is 5.75 Å². The van der Waals surface area contributed by atoms with Crippen LogP contribution in [0.1, 0.15) is 37.0 Å². The summed E-state index contributed by atoms with van der Waals surface area (Å²) in [5.41, 5.74) is 1.19. The Bertz CT molecular complexity index is 685. The van der Waals surface area contributed by atoms with Crippen molar-refractivity contribution in [3.05, 3.63) is 60.2 Å². The molecule has 0 spiro atoms. The summed E-state index contributed by atoms with van der Waals surface area (Å²) < 4.78 is 5.79. The van der Waals surface area contributed by atoms with Gasteiger partial charge in [0, 0.05) is 5.69 Å². The van der Waals surface area contributed by atoms with Gasteiger partial charge in [-0.3, -0.25) is 4.79 Å². The van der Waals surface area contributed by atoms with Gasteiger partial charge in [0.2, 0.25) is 0 Å². The quantitative estimate of drug-likeness (QED) is 0.568. The molecule has 5 heteroatoms. The van der Waals surface area contributed by atoms with E-state index in [0.29, 0.717) is 17.9 Å². The van der Waals surface area contributed by atoms with Gasteiger partial charge in [-0.15, -0.1) is 0 Å². The van der Waals surface area contributed by atoms with Crippen molar-refractivity contribution in [2.45, 2.75) is 32.8 Å². The number of carbonyl (C=O) groups excluding carboxylic acids is 1. The average molecular weight is 372 g/mol. The third kappa shape index (κ3) is 7.04. The van der Waals surface area contributed by atoms with E-state index in [1.165, 1.54) is 4.90 Å². The van der Waals surface area contributed by atoms with Crippen LogP contribution in [-0.4, -0.2) is 43.4 Å². The Morgan fingerprint density at radius 1 is 1.04 bits per heavy atom. The van der Waals surface area contributed by atoms with Crippen molar-refractivity contribution in [1.82, 2.24) is 0 Å². The number of para-hydroxylation sites is 2. The summed E-state index contributed by atoms with van der Waals surface area (Å²) in [7, 11) is 0. The second kappa shape index (κ2) is 11.4. The Morgan fingerprint density at radius 3 is 2.33 bits per heavy atom. The van der Waals surface area contributed by atoms with Crippen LogP contribution < -0.4 is 15.0 Å². The topological polar surface area (TPSA) is 63.0 Å². The monoisotopic (exact) mass is 371 g/mol. The lowest BCUT2D eigenvalue weighted by Crippen LogP contribution is -3.13. The van der Waals surface area contributed by atoms with Gasteiger partial charge in [-0.05, 0) is 37.1 Å². The summed E-state index contributed by atoms with van der Waals surface area (Å²) >= 11 is 0. The molecule has 2 aromatic carbocycles. The summed E-state index contributed by atoms with van der Waals surface area (Å²) in [5, 5.41) is 13.2. The molecule has 0 aliphatic carbocycles. The maximum absolute atomic E-state index is 12.6. The highest BCUT2D eigenvalue weighted by atomic mass is 16.5. The lowest BCUT2D eigenvalue weighted by molar-refractivity contribution is -0.903. The minimum atomic E-state index is -0.566. The van der Waals surface area contributed by atoms with E-state index in [-0.39, 0.29) is 12.5 Å². The van der Waals surface area contributed by atoms with Crippen LogP contribution in [0.5, 0.6) is 5.75 Å². The van der Waals surface area contributed by atoms with Gasteiger partial charge in [-0.25, -0.2) is 0 Å². The minimum Gasteiger partial charge on any atom is -0.490 e. The fraction of sp³-hybridized carbons (Fsp3) is 0.409. The van der Waals surface area contributed by atoms with Crippen molar-refractivity contribution in [1.29, 1.82) is 0 Å². The SMILES string of the molecule is CCC[NH+](CCC)C[C@@H](O)COc1ccccc1C(=O)Nc1ccccc1. The molecule has 1 atom stereocenters. The normalized spacial score (nSPS) is 12.0. The van der Waals surface area contributed by atoms with Crippen LogP contribution in [0.25, 0.3) is 0 Å². The van der Waals surface area contributed by atoms with E-state index < -0.39 is 6.10 Å². The molecule has 146 valence electrons. The van der Waals surface area contributed by atoms with Gasteiger partial charge in [0.15, 0.2) is 0 Å².